The monoisotopic (exact) mass is 162 g/mol. The number of amides is 1. The van der Waals surface area contributed by atoms with Crippen LogP contribution in [0.1, 0.15) is 5.56 Å². The van der Waals surface area contributed by atoms with Crippen LogP contribution in [0.5, 0.6) is 0 Å². The van der Waals surface area contributed by atoms with E-state index in [1.807, 2.05) is 30.3 Å². The second kappa shape index (κ2) is 6.16. The van der Waals surface area contributed by atoms with Crippen molar-refractivity contribution in [3.05, 3.63) is 55.5 Å². The second-order valence-corrected chi connectivity index (χ2v) is 2.09. The van der Waals surface area contributed by atoms with Crippen molar-refractivity contribution in [2.75, 3.05) is 0 Å². The molecule has 2 heteroatoms. The Bertz CT molecular complexity index is 241. The molecular formula is C10H12NO. The zero-order chi connectivity index (χ0) is 9.40. The topological polar surface area (TPSA) is 43.1 Å². The van der Waals surface area contributed by atoms with Gasteiger partial charge in [0.1, 0.15) is 0 Å². The SMILES string of the molecule is C=CC(N)=O.[CH2]c1ccccc1. The minimum Gasteiger partial charge on any atom is -0.366 e. The fourth-order valence-corrected chi connectivity index (χ4v) is 0.478. The molecule has 0 aromatic heterocycles. The summed E-state index contributed by atoms with van der Waals surface area (Å²) in [4.78, 5) is 9.47. The molecule has 1 rings (SSSR count). The molecule has 0 unspecified atom stereocenters. The Hall–Kier alpha value is -1.57. The molecule has 0 aliphatic heterocycles. The van der Waals surface area contributed by atoms with Crippen molar-refractivity contribution in [3.63, 3.8) is 0 Å². The van der Waals surface area contributed by atoms with Gasteiger partial charge >= 0.3 is 0 Å². The molecule has 0 heterocycles. The van der Waals surface area contributed by atoms with Gasteiger partial charge in [-0.25, -0.2) is 0 Å². The predicted molar refractivity (Wildman–Crippen MR) is 50.3 cm³/mol. The standard InChI is InChI=1S/C7H7.C3H5NO/c1-7-5-3-2-4-6-7;1-2-3(4)5/h2-6H,1H2;2H,1H2,(H2,4,5). The van der Waals surface area contributed by atoms with Gasteiger partial charge in [0, 0.05) is 0 Å². The highest BCUT2D eigenvalue weighted by atomic mass is 16.1. The first-order valence-electron chi connectivity index (χ1n) is 3.45. The van der Waals surface area contributed by atoms with Gasteiger partial charge in [-0.3, -0.25) is 4.79 Å². The molecule has 12 heavy (non-hydrogen) atoms. The molecule has 1 amide bonds. The maximum atomic E-state index is 9.47. The van der Waals surface area contributed by atoms with Crippen molar-refractivity contribution >= 4 is 5.91 Å². The number of primary amides is 1. The lowest BCUT2D eigenvalue weighted by Gasteiger charge is -1.82. The normalized spacial score (nSPS) is 7.75. The Labute approximate surface area is 72.7 Å². The van der Waals surface area contributed by atoms with Crippen LogP contribution in [0.25, 0.3) is 0 Å². The van der Waals surface area contributed by atoms with Crippen LogP contribution < -0.4 is 5.73 Å². The number of hydrogen-bond donors (Lipinski definition) is 1. The Morgan fingerprint density at radius 3 is 1.92 bits per heavy atom. The van der Waals surface area contributed by atoms with Crippen LogP contribution in [0, 0.1) is 6.92 Å². The summed E-state index contributed by atoms with van der Waals surface area (Å²) in [5.41, 5.74) is 5.61. The van der Waals surface area contributed by atoms with E-state index < -0.39 is 5.91 Å². The van der Waals surface area contributed by atoms with Crippen molar-refractivity contribution in [1.29, 1.82) is 0 Å². The minimum absolute atomic E-state index is 0.481. The van der Waals surface area contributed by atoms with Crippen LogP contribution >= 0.6 is 0 Å². The number of carbonyl (C=O) groups excluding carboxylic acids is 1. The lowest BCUT2D eigenvalue weighted by molar-refractivity contribution is -0.113. The Morgan fingerprint density at radius 1 is 1.33 bits per heavy atom. The van der Waals surface area contributed by atoms with Gasteiger partial charge in [-0.1, -0.05) is 36.9 Å². The van der Waals surface area contributed by atoms with E-state index in [4.69, 9.17) is 0 Å². The molecule has 63 valence electrons. The highest BCUT2D eigenvalue weighted by Crippen LogP contribution is 1.92. The Kier molecular flexibility index (Phi) is 5.35. The van der Waals surface area contributed by atoms with Crippen molar-refractivity contribution in [2.24, 2.45) is 5.73 Å². The highest BCUT2D eigenvalue weighted by molar-refractivity contribution is 5.84. The summed E-state index contributed by atoms with van der Waals surface area (Å²) >= 11 is 0. The first-order valence-corrected chi connectivity index (χ1v) is 3.45. The number of carbonyl (C=O) groups is 1. The Morgan fingerprint density at radius 2 is 1.75 bits per heavy atom. The van der Waals surface area contributed by atoms with E-state index in [0.29, 0.717) is 0 Å². The van der Waals surface area contributed by atoms with Gasteiger partial charge in [-0.05, 0) is 18.6 Å². The molecule has 0 saturated heterocycles. The van der Waals surface area contributed by atoms with Crippen molar-refractivity contribution < 1.29 is 4.79 Å². The van der Waals surface area contributed by atoms with E-state index in [-0.39, 0.29) is 0 Å². The fraction of sp³-hybridized carbons (Fsp3) is 0. The molecule has 2 nitrogen and oxygen atoms in total. The molecule has 1 aromatic carbocycles. The van der Waals surface area contributed by atoms with Gasteiger partial charge in [-0.2, -0.15) is 0 Å². The molecule has 1 radical (unpaired) electrons. The van der Waals surface area contributed by atoms with Gasteiger partial charge in [0.05, 0.1) is 0 Å². The van der Waals surface area contributed by atoms with Crippen LogP contribution in [-0.2, 0) is 4.79 Å². The smallest absolute Gasteiger partial charge is 0.240 e. The van der Waals surface area contributed by atoms with Gasteiger partial charge in [0.2, 0.25) is 5.91 Å². The van der Waals surface area contributed by atoms with Crippen LogP contribution in [0.2, 0.25) is 0 Å². The van der Waals surface area contributed by atoms with Gasteiger partial charge < -0.3 is 5.73 Å². The van der Waals surface area contributed by atoms with Gasteiger partial charge in [0.15, 0.2) is 0 Å². The number of hydrogen-bond acceptors (Lipinski definition) is 1. The number of benzene rings is 1. The van der Waals surface area contributed by atoms with Crippen molar-refractivity contribution in [1.82, 2.24) is 0 Å². The summed E-state index contributed by atoms with van der Waals surface area (Å²) in [5, 5.41) is 0. The first kappa shape index (κ1) is 10.4. The predicted octanol–water partition coefficient (Wildman–Crippen LogP) is 1.53. The molecule has 2 N–H and O–H groups in total. The molecule has 0 bridgehead atoms. The van der Waals surface area contributed by atoms with Crippen LogP contribution in [0.15, 0.2) is 43.0 Å². The Balaban J connectivity index is 0.000000217. The van der Waals surface area contributed by atoms with Crippen LogP contribution in [0.4, 0.5) is 0 Å². The summed E-state index contributed by atoms with van der Waals surface area (Å²) in [6, 6.07) is 9.87. The summed E-state index contributed by atoms with van der Waals surface area (Å²) in [7, 11) is 0. The van der Waals surface area contributed by atoms with Gasteiger partial charge in [0.25, 0.3) is 0 Å². The third-order valence-corrected chi connectivity index (χ3v) is 1.04. The fourth-order valence-electron chi connectivity index (χ4n) is 0.478. The van der Waals surface area contributed by atoms with Crippen LogP contribution in [0.3, 0.4) is 0 Å². The number of rotatable bonds is 1. The minimum atomic E-state index is -0.481. The van der Waals surface area contributed by atoms with E-state index in [2.05, 4.69) is 19.2 Å². The summed E-state index contributed by atoms with van der Waals surface area (Å²) in [6.45, 7) is 6.81. The average molecular weight is 162 g/mol. The van der Waals surface area contributed by atoms with Crippen LogP contribution in [-0.4, -0.2) is 5.91 Å². The third kappa shape index (κ3) is 6.55. The highest BCUT2D eigenvalue weighted by Gasteiger charge is 1.72. The largest absolute Gasteiger partial charge is 0.366 e. The van der Waals surface area contributed by atoms with E-state index in [0.717, 1.165) is 11.6 Å². The number of nitrogens with two attached hydrogens (primary N) is 1. The molecular weight excluding hydrogens is 150 g/mol. The van der Waals surface area contributed by atoms with E-state index in [1.165, 1.54) is 0 Å². The maximum Gasteiger partial charge on any atom is 0.240 e. The molecule has 0 atom stereocenters. The van der Waals surface area contributed by atoms with E-state index in [1.54, 1.807) is 0 Å². The summed E-state index contributed by atoms with van der Waals surface area (Å²) in [6.07, 6.45) is 1.06. The lowest BCUT2D eigenvalue weighted by Crippen LogP contribution is -2.04. The summed E-state index contributed by atoms with van der Waals surface area (Å²) in [5.74, 6) is -0.481. The van der Waals surface area contributed by atoms with E-state index in [9.17, 15) is 4.79 Å². The first-order chi connectivity index (χ1) is 5.66. The molecule has 0 spiro atoms. The zero-order valence-electron chi connectivity index (χ0n) is 6.86. The quantitative estimate of drug-likeness (QED) is 0.625. The van der Waals surface area contributed by atoms with Gasteiger partial charge in [-0.15, -0.1) is 0 Å². The third-order valence-electron chi connectivity index (χ3n) is 1.04. The molecule has 0 aliphatic carbocycles. The zero-order valence-corrected chi connectivity index (χ0v) is 6.86. The van der Waals surface area contributed by atoms with Crippen molar-refractivity contribution in [3.8, 4) is 0 Å². The van der Waals surface area contributed by atoms with Crippen molar-refractivity contribution in [2.45, 2.75) is 0 Å². The molecule has 0 aliphatic rings. The second-order valence-electron chi connectivity index (χ2n) is 2.09. The molecule has 1 aromatic rings. The average Bonchev–Trinajstić information content (AvgIpc) is 2.07. The molecule has 0 fully saturated rings. The lowest BCUT2D eigenvalue weighted by atomic mass is 10.2. The summed E-state index contributed by atoms with van der Waals surface area (Å²) < 4.78 is 0. The van der Waals surface area contributed by atoms with E-state index >= 15 is 0 Å². The molecule has 0 saturated carbocycles. The maximum absolute atomic E-state index is 9.47.